The second kappa shape index (κ2) is 4.90. The van der Waals surface area contributed by atoms with E-state index in [0.717, 1.165) is 10.9 Å². The van der Waals surface area contributed by atoms with Crippen LogP contribution in [0, 0.1) is 0 Å². The highest BCUT2D eigenvalue weighted by Crippen LogP contribution is 2.26. The molecule has 2 heterocycles. The summed E-state index contributed by atoms with van der Waals surface area (Å²) in [5.41, 5.74) is 2.00. The van der Waals surface area contributed by atoms with Gasteiger partial charge in [-0.1, -0.05) is 28.1 Å². The summed E-state index contributed by atoms with van der Waals surface area (Å²) in [6, 6.07) is 8.98. The Morgan fingerprint density at radius 3 is 2.26 bits per heavy atom. The van der Waals surface area contributed by atoms with Gasteiger partial charge in [0.25, 0.3) is 11.8 Å². The largest absolute Gasteiger partial charge is 0.270 e. The Balaban J connectivity index is 1.88. The molecule has 0 N–H and O–H groups in total. The van der Waals surface area contributed by atoms with E-state index in [-0.39, 0.29) is 11.8 Å². The zero-order valence-corrected chi connectivity index (χ0v) is 12.3. The third kappa shape index (κ3) is 2.13. The lowest BCUT2D eigenvalue weighted by Gasteiger charge is -2.12. The molecule has 1 aliphatic heterocycles. The molecule has 0 atom stereocenters. The molecule has 1 aliphatic rings. The molecular weight excluding hydrogens is 326 g/mol. The van der Waals surface area contributed by atoms with Crippen LogP contribution in [0.4, 0.5) is 0 Å². The molecule has 1 aromatic heterocycles. The van der Waals surface area contributed by atoms with Gasteiger partial charge >= 0.3 is 0 Å². The second-order valence-corrected chi connectivity index (χ2v) is 5.85. The number of carbonyl (C=O) groups is 2. The Morgan fingerprint density at radius 2 is 1.74 bits per heavy atom. The van der Waals surface area contributed by atoms with E-state index in [2.05, 4.69) is 15.9 Å². The number of rotatable bonds is 3. The molecule has 5 heteroatoms. The Bertz CT molecular complexity index is 630. The molecule has 2 aromatic rings. The van der Waals surface area contributed by atoms with Gasteiger partial charge in [-0.3, -0.25) is 14.5 Å². The molecule has 0 aliphatic carbocycles. The number of amides is 2. The lowest BCUT2D eigenvalue weighted by atomic mass is 10.1. The van der Waals surface area contributed by atoms with Crippen LogP contribution in [-0.4, -0.2) is 16.7 Å². The fourth-order valence-electron chi connectivity index (χ4n) is 2.14. The summed E-state index contributed by atoms with van der Waals surface area (Å²) in [5, 5.41) is 2.78. The molecular formula is C14H10BrNO2S. The Kier molecular flexibility index (Phi) is 3.24. The van der Waals surface area contributed by atoms with E-state index in [4.69, 9.17) is 0 Å². The zero-order chi connectivity index (χ0) is 13.4. The summed E-state index contributed by atoms with van der Waals surface area (Å²) in [7, 11) is 0. The fourth-order valence-corrected chi connectivity index (χ4v) is 3.43. The van der Waals surface area contributed by atoms with Gasteiger partial charge in [0.2, 0.25) is 0 Å². The first-order chi connectivity index (χ1) is 9.20. The molecule has 1 aromatic carbocycles. The number of thiophene rings is 1. The van der Waals surface area contributed by atoms with Crippen LogP contribution in [0.2, 0.25) is 0 Å². The van der Waals surface area contributed by atoms with Crippen molar-refractivity contribution in [1.29, 1.82) is 0 Å². The summed E-state index contributed by atoms with van der Waals surface area (Å²) in [6.07, 6.45) is 0. The molecule has 0 bridgehead atoms. The number of nitrogens with zero attached hydrogens (tertiary/aromatic N) is 1. The number of carbonyl (C=O) groups excluding carboxylic acids is 2. The predicted molar refractivity (Wildman–Crippen MR) is 77.6 cm³/mol. The first-order valence-electron chi connectivity index (χ1n) is 5.78. The van der Waals surface area contributed by atoms with Crippen molar-refractivity contribution in [3.8, 4) is 0 Å². The Hall–Kier alpha value is -1.46. The van der Waals surface area contributed by atoms with Gasteiger partial charge in [-0.15, -0.1) is 11.3 Å². The van der Waals surface area contributed by atoms with Gasteiger partial charge in [0.1, 0.15) is 0 Å². The van der Waals surface area contributed by atoms with Crippen molar-refractivity contribution in [1.82, 2.24) is 4.90 Å². The van der Waals surface area contributed by atoms with Crippen molar-refractivity contribution in [3.63, 3.8) is 0 Å². The van der Waals surface area contributed by atoms with E-state index < -0.39 is 0 Å². The normalized spacial score (nSPS) is 14.1. The summed E-state index contributed by atoms with van der Waals surface area (Å²) in [4.78, 5) is 26.9. The van der Waals surface area contributed by atoms with Crippen LogP contribution < -0.4 is 0 Å². The average molecular weight is 336 g/mol. The highest BCUT2D eigenvalue weighted by atomic mass is 79.9. The van der Waals surface area contributed by atoms with Crippen LogP contribution in [-0.2, 0) is 11.9 Å². The van der Waals surface area contributed by atoms with Gasteiger partial charge in [0.15, 0.2) is 0 Å². The van der Waals surface area contributed by atoms with Crippen LogP contribution in [0.3, 0.4) is 0 Å². The minimum Gasteiger partial charge on any atom is -0.270 e. The van der Waals surface area contributed by atoms with Crippen molar-refractivity contribution in [2.45, 2.75) is 11.9 Å². The molecule has 0 saturated heterocycles. The molecule has 0 saturated carbocycles. The van der Waals surface area contributed by atoms with Gasteiger partial charge in [0, 0.05) is 10.2 Å². The quantitative estimate of drug-likeness (QED) is 0.636. The standard InChI is InChI=1S/C14H10BrNO2S/c15-6-10-5-9(8-19-10)7-16-13(17)11-3-1-2-4-12(11)14(16)18/h1-5,8H,6-7H2. The van der Waals surface area contributed by atoms with Gasteiger partial charge in [-0.25, -0.2) is 0 Å². The first kappa shape index (κ1) is 12.6. The molecule has 0 fully saturated rings. The zero-order valence-electron chi connectivity index (χ0n) is 9.93. The number of hydrogen-bond acceptors (Lipinski definition) is 3. The minimum absolute atomic E-state index is 0.202. The molecule has 19 heavy (non-hydrogen) atoms. The van der Waals surface area contributed by atoms with Crippen LogP contribution in [0.25, 0.3) is 0 Å². The van der Waals surface area contributed by atoms with Crippen LogP contribution in [0.5, 0.6) is 0 Å². The number of imide groups is 1. The number of benzene rings is 1. The van der Waals surface area contributed by atoms with Crippen LogP contribution in [0.1, 0.15) is 31.2 Å². The Morgan fingerprint density at radius 1 is 1.11 bits per heavy atom. The lowest BCUT2D eigenvalue weighted by Crippen LogP contribution is -2.28. The van der Waals surface area contributed by atoms with E-state index in [0.29, 0.717) is 17.7 Å². The van der Waals surface area contributed by atoms with Crippen LogP contribution >= 0.6 is 27.3 Å². The van der Waals surface area contributed by atoms with Crippen molar-refractivity contribution < 1.29 is 9.59 Å². The van der Waals surface area contributed by atoms with Crippen molar-refractivity contribution in [2.24, 2.45) is 0 Å². The summed E-state index contributed by atoms with van der Waals surface area (Å²) < 4.78 is 0. The maximum Gasteiger partial charge on any atom is 0.261 e. The number of fused-ring (bicyclic) bond motifs is 1. The summed E-state index contributed by atoms with van der Waals surface area (Å²) in [6.45, 7) is 0.343. The molecule has 3 rings (SSSR count). The number of alkyl halides is 1. The number of halogens is 1. The molecule has 96 valence electrons. The van der Waals surface area contributed by atoms with E-state index >= 15 is 0 Å². The third-order valence-electron chi connectivity index (χ3n) is 3.06. The molecule has 0 radical (unpaired) electrons. The van der Waals surface area contributed by atoms with Crippen molar-refractivity contribution in [2.75, 3.05) is 0 Å². The van der Waals surface area contributed by atoms with Crippen LogP contribution in [0.15, 0.2) is 35.7 Å². The van der Waals surface area contributed by atoms with Gasteiger partial charge in [0.05, 0.1) is 17.7 Å². The maximum atomic E-state index is 12.2. The van der Waals surface area contributed by atoms with E-state index in [1.165, 1.54) is 9.78 Å². The lowest BCUT2D eigenvalue weighted by molar-refractivity contribution is 0.0642. The summed E-state index contributed by atoms with van der Waals surface area (Å²) in [5.74, 6) is -0.403. The number of hydrogen-bond donors (Lipinski definition) is 0. The van der Waals surface area contributed by atoms with Crippen molar-refractivity contribution in [3.05, 3.63) is 57.3 Å². The second-order valence-electron chi connectivity index (χ2n) is 4.30. The van der Waals surface area contributed by atoms with Gasteiger partial charge in [-0.05, 0) is 29.1 Å². The minimum atomic E-state index is -0.202. The molecule has 0 spiro atoms. The average Bonchev–Trinajstić information content (AvgIpc) is 2.99. The highest BCUT2D eigenvalue weighted by molar-refractivity contribution is 9.08. The van der Waals surface area contributed by atoms with Gasteiger partial charge < -0.3 is 0 Å². The van der Waals surface area contributed by atoms with Gasteiger partial charge in [-0.2, -0.15) is 0 Å². The maximum absolute atomic E-state index is 12.2. The molecule has 3 nitrogen and oxygen atoms in total. The SMILES string of the molecule is O=C1c2ccccc2C(=O)N1Cc1csc(CBr)c1. The summed E-state index contributed by atoms with van der Waals surface area (Å²) >= 11 is 5.02. The topological polar surface area (TPSA) is 37.4 Å². The van der Waals surface area contributed by atoms with E-state index in [1.807, 2.05) is 11.4 Å². The third-order valence-corrected chi connectivity index (χ3v) is 5.02. The molecule has 0 unspecified atom stereocenters. The first-order valence-corrected chi connectivity index (χ1v) is 7.78. The van der Waals surface area contributed by atoms with E-state index in [9.17, 15) is 9.59 Å². The fraction of sp³-hybridized carbons (Fsp3) is 0.143. The monoisotopic (exact) mass is 335 g/mol. The predicted octanol–water partition coefficient (Wildman–Crippen LogP) is 3.44. The molecule has 2 amide bonds. The Labute approximate surface area is 123 Å². The highest BCUT2D eigenvalue weighted by Gasteiger charge is 2.34. The van der Waals surface area contributed by atoms with Crippen molar-refractivity contribution >= 4 is 39.1 Å². The smallest absolute Gasteiger partial charge is 0.261 e. The van der Waals surface area contributed by atoms with E-state index in [1.54, 1.807) is 35.6 Å².